The van der Waals surface area contributed by atoms with Crippen molar-refractivity contribution in [3.8, 4) is 21.8 Å². The molecule has 1 aromatic heterocycles. The zero-order valence-electron chi connectivity index (χ0n) is 10.9. The van der Waals surface area contributed by atoms with Crippen LogP contribution in [0.3, 0.4) is 0 Å². The van der Waals surface area contributed by atoms with Crippen LogP contribution in [-0.4, -0.2) is 4.98 Å². The number of nitrogen functional groups attached to an aromatic ring is 1. The van der Waals surface area contributed by atoms with Gasteiger partial charge in [0.2, 0.25) is 0 Å². The summed E-state index contributed by atoms with van der Waals surface area (Å²) < 4.78 is 14.0. The third-order valence-electron chi connectivity index (χ3n) is 3.07. The Bertz CT molecular complexity index is 747. The summed E-state index contributed by atoms with van der Waals surface area (Å²) in [4.78, 5) is 4.51. The lowest BCUT2D eigenvalue weighted by Crippen LogP contribution is -1.86. The molecule has 0 amide bonds. The molecule has 0 atom stereocenters. The van der Waals surface area contributed by atoms with Crippen molar-refractivity contribution < 1.29 is 4.39 Å². The summed E-state index contributed by atoms with van der Waals surface area (Å²) in [7, 11) is 0. The van der Waals surface area contributed by atoms with Gasteiger partial charge in [0.25, 0.3) is 0 Å². The molecule has 2 N–H and O–H groups in total. The molecule has 0 aliphatic rings. The van der Waals surface area contributed by atoms with Crippen molar-refractivity contribution >= 4 is 17.0 Å². The highest BCUT2D eigenvalue weighted by molar-refractivity contribution is 7.13. The molecule has 0 fully saturated rings. The number of nitrogens with two attached hydrogens (primary N) is 1. The summed E-state index contributed by atoms with van der Waals surface area (Å²) in [5.74, 6) is -0.233. The molecule has 0 aliphatic carbocycles. The highest BCUT2D eigenvalue weighted by Crippen LogP contribution is 2.31. The number of benzene rings is 2. The van der Waals surface area contributed by atoms with Crippen molar-refractivity contribution in [2.75, 3.05) is 5.73 Å². The van der Waals surface area contributed by atoms with Crippen LogP contribution in [0.1, 0.15) is 5.56 Å². The van der Waals surface area contributed by atoms with Gasteiger partial charge in [-0.05, 0) is 36.8 Å². The normalized spacial score (nSPS) is 10.7. The third kappa shape index (κ3) is 2.42. The average molecular weight is 284 g/mol. The van der Waals surface area contributed by atoms with Gasteiger partial charge in [0.1, 0.15) is 10.8 Å². The van der Waals surface area contributed by atoms with Crippen LogP contribution in [0.5, 0.6) is 0 Å². The van der Waals surface area contributed by atoms with Gasteiger partial charge in [0.15, 0.2) is 0 Å². The van der Waals surface area contributed by atoms with E-state index in [9.17, 15) is 4.39 Å². The summed E-state index contributed by atoms with van der Waals surface area (Å²) in [5.41, 5.74) is 9.65. The largest absolute Gasteiger partial charge is 0.399 e. The second-order valence-corrected chi connectivity index (χ2v) is 5.50. The van der Waals surface area contributed by atoms with Crippen LogP contribution in [0.2, 0.25) is 0 Å². The van der Waals surface area contributed by atoms with Gasteiger partial charge in [-0.25, -0.2) is 9.37 Å². The summed E-state index contributed by atoms with van der Waals surface area (Å²) in [6.45, 7) is 1.87. The van der Waals surface area contributed by atoms with Gasteiger partial charge in [-0.3, -0.25) is 0 Å². The monoisotopic (exact) mass is 284 g/mol. The van der Waals surface area contributed by atoms with E-state index in [1.807, 2.05) is 42.6 Å². The van der Waals surface area contributed by atoms with E-state index in [1.54, 1.807) is 6.07 Å². The minimum Gasteiger partial charge on any atom is -0.399 e. The number of nitrogens with zero attached hydrogens (tertiary/aromatic N) is 1. The lowest BCUT2D eigenvalue weighted by atomic mass is 10.1. The standard InChI is InChI=1S/C16H13FN2S/c1-10-2-7-13(14(17)8-10)16-19-15(9-20-16)11-3-5-12(18)6-4-11/h2-9H,18H2,1H3. The number of rotatable bonds is 2. The highest BCUT2D eigenvalue weighted by atomic mass is 32.1. The molecule has 2 aromatic carbocycles. The molecule has 0 bridgehead atoms. The van der Waals surface area contributed by atoms with E-state index in [2.05, 4.69) is 4.98 Å². The van der Waals surface area contributed by atoms with Crippen LogP contribution in [0, 0.1) is 12.7 Å². The predicted molar refractivity (Wildman–Crippen MR) is 82.1 cm³/mol. The highest BCUT2D eigenvalue weighted by Gasteiger charge is 2.10. The third-order valence-corrected chi connectivity index (χ3v) is 3.94. The summed E-state index contributed by atoms with van der Waals surface area (Å²) >= 11 is 1.44. The molecule has 0 saturated carbocycles. The fourth-order valence-electron chi connectivity index (χ4n) is 1.98. The Kier molecular flexibility index (Phi) is 3.24. The lowest BCUT2D eigenvalue weighted by Gasteiger charge is -2.00. The molecule has 0 radical (unpaired) electrons. The first-order valence-electron chi connectivity index (χ1n) is 6.21. The maximum atomic E-state index is 14.0. The zero-order valence-corrected chi connectivity index (χ0v) is 11.7. The fraction of sp³-hybridized carbons (Fsp3) is 0.0625. The van der Waals surface area contributed by atoms with Crippen LogP contribution in [-0.2, 0) is 0 Å². The van der Waals surface area contributed by atoms with Crippen LogP contribution in [0.15, 0.2) is 47.8 Å². The molecule has 2 nitrogen and oxygen atoms in total. The van der Waals surface area contributed by atoms with Crippen LogP contribution in [0.4, 0.5) is 10.1 Å². The van der Waals surface area contributed by atoms with E-state index < -0.39 is 0 Å². The SMILES string of the molecule is Cc1ccc(-c2nc(-c3ccc(N)cc3)cs2)c(F)c1. The van der Waals surface area contributed by atoms with Crippen molar-refractivity contribution in [1.29, 1.82) is 0 Å². The number of halogens is 1. The van der Waals surface area contributed by atoms with Gasteiger partial charge in [-0.2, -0.15) is 0 Å². The van der Waals surface area contributed by atoms with E-state index in [0.29, 0.717) is 16.3 Å². The fourth-order valence-corrected chi connectivity index (χ4v) is 2.83. The minimum atomic E-state index is -0.233. The summed E-state index contributed by atoms with van der Waals surface area (Å²) in [6.07, 6.45) is 0. The Hall–Kier alpha value is -2.20. The van der Waals surface area contributed by atoms with Crippen molar-refractivity contribution in [2.45, 2.75) is 6.92 Å². The molecule has 4 heteroatoms. The summed E-state index contributed by atoms with van der Waals surface area (Å²) in [6, 6.07) is 12.7. The predicted octanol–water partition coefficient (Wildman–Crippen LogP) is 4.51. The van der Waals surface area contributed by atoms with E-state index in [4.69, 9.17) is 5.73 Å². The molecule has 100 valence electrons. The molecule has 0 saturated heterocycles. The molecule has 20 heavy (non-hydrogen) atoms. The van der Waals surface area contributed by atoms with Gasteiger partial charge < -0.3 is 5.73 Å². The topological polar surface area (TPSA) is 38.9 Å². The Morgan fingerprint density at radius 1 is 1.10 bits per heavy atom. The number of anilines is 1. The first-order chi connectivity index (χ1) is 9.63. The Balaban J connectivity index is 1.99. The second-order valence-electron chi connectivity index (χ2n) is 4.64. The van der Waals surface area contributed by atoms with Gasteiger partial charge in [0.05, 0.1) is 5.69 Å². The number of hydrogen-bond acceptors (Lipinski definition) is 3. The maximum absolute atomic E-state index is 14.0. The van der Waals surface area contributed by atoms with Crippen molar-refractivity contribution in [3.63, 3.8) is 0 Å². The quantitative estimate of drug-likeness (QED) is 0.703. The van der Waals surface area contributed by atoms with Crippen LogP contribution >= 0.6 is 11.3 Å². The van der Waals surface area contributed by atoms with Crippen molar-refractivity contribution in [3.05, 3.63) is 59.2 Å². The molecular formula is C16H13FN2S. The molecule has 3 rings (SSSR count). The first kappa shape index (κ1) is 12.8. The van der Waals surface area contributed by atoms with Crippen molar-refractivity contribution in [1.82, 2.24) is 4.98 Å². The number of aromatic nitrogens is 1. The molecule has 1 heterocycles. The number of thiazole rings is 1. The van der Waals surface area contributed by atoms with E-state index in [0.717, 1.165) is 16.8 Å². The number of aryl methyl sites for hydroxylation is 1. The molecular weight excluding hydrogens is 271 g/mol. The van der Waals surface area contributed by atoms with Gasteiger partial charge in [0, 0.05) is 22.2 Å². The second kappa shape index (κ2) is 5.06. The zero-order chi connectivity index (χ0) is 14.1. The van der Waals surface area contributed by atoms with E-state index in [-0.39, 0.29) is 5.82 Å². The van der Waals surface area contributed by atoms with Gasteiger partial charge in [-0.15, -0.1) is 11.3 Å². The van der Waals surface area contributed by atoms with Gasteiger partial charge >= 0.3 is 0 Å². The smallest absolute Gasteiger partial charge is 0.133 e. The first-order valence-corrected chi connectivity index (χ1v) is 7.09. The van der Waals surface area contributed by atoms with E-state index >= 15 is 0 Å². The molecule has 0 unspecified atom stereocenters. The van der Waals surface area contributed by atoms with Crippen LogP contribution < -0.4 is 5.73 Å². The van der Waals surface area contributed by atoms with E-state index in [1.165, 1.54) is 17.4 Å². The minimum absolute atomic E-state index is 0.233. The average Bonchev–Trinajstić information content (AvgIpc) is 2.89. The number of hydrogen-bond donors (Lipinski definition) is 1. The van der Waals surface area contributed by atoms with Crippen molar-refractivity contribution in [2.24, 2.45) is 0 Å². The maximum Gasteiger partial charge on any atom is 0.133 e. The molecule has 0 spiro atoms. The summed E-state index contributed by atoms with van der Waals surface area (Å²) in [5, 5.41) is 2.62. The molecule has 3 aromatic rings. The van der Waals surface area contributed by atoms with Crippen LogP contribution in [0.25, 0.3) is 21.8 Å². The Morgan fingerprint density at radius 2 is 1.85 bits per heavy atom. The molecule has 0 aliphatic heterocycles. The Labute approximate surface area is 120 Å². The lowest BCUT2D eigenvalue weighted by molar-refractivity contribution is 0.630. The van der Waals surface area contributed by atoms with Gasteiger partial charge in [-0.1, -0.05) is 18.2 Å². The Morgan fingerprint density at radius 3 is 2.55 bits per heavy atom.